The lowest BCUT2D eigenvalue weighted by Crippen LogP contribution is -2.29. The highest BCUT2D eigenvalue weighted by atomic mass is 35.5. The van der Waals surface area contributed by atoms with Crippen molar-refractivity contribution < 1.29 is 19.2 Å². The largest absolute Gasteiger partial charge is 0.444 e. The third-order valence-corrected chi connectivity index (χ3v) is 3.52. The molecule has 1 aromatic rings. The number of hydrogen-bond donors (Lipinski definition) is 1. The van der Waals surface area contributed by atoms with Gasteiger partial charge in [0.25, 0.3) is 5.91 Å². The Kier molecular flexibility index (Phi) is 5.38. The molecular formula is C12H17ClN2O4S. The van der Waals surface area contributed by atoms with Crippen LogP contribution in [0.25, 0.3) is 0 Å². The number of ether oxygens (including phenoxy) is 1. The molecule has 1 aromatic heterocycles. The van der Waals surface area contributed by atoms with E-state index in [4.69, 9.17) is 21.2 Å². The van der Waals surface area contributed by atoms with E-state index in [-0.39, 0.29) is 15.6 Å². The second-order valence-corrected chi connectivity index (χ2v) is 6.19. The summed E-state index contributed by atoms with van der Waals surface area (Å²) in [4.78, 5) is 28.9. The number of halogens is 1. The molecule has 8 heteroatoms. The summed E-state index contributed by atoms with van der Waals surface area (Å²) in [5.74, 6) is -0.407. The maximum Gasteiger partial charge on any atom is 0.412 e. The van der Waals surface area contributed by atoms with Gasteiger partial charge in [0.2, 0.25) is 0 Å². The fourth-order valence-electron chi connectivity index (χ4n) is 1.24. The molecule has 0 aliphatic carbocycles. The van der Waals surface area contributed by atoms with Crippen LogP contribution in [0.4, 0.5) is 10.5 Å². The van der Waals surface area contributed by atoms with Crippen molar-refractivity contribution in [3.8, 4) is 0 Å². The predicted molar refractivity (Wildman–Crippen MR) is 78.3 cm³/mol. The third-order valence-electron chi connectivity index (χ3n) is 2.13. The van der Waals surface area contributed by atoms with Gasteiger partial charge in [-0.1, -0.05) is 11.6 Å². The van der Waals surface area contributed by atoms with E-state index in [1.807, 2.05) is 0 Å². The molecule has 0 atom stereocenters. The number of hydrogen-bond acceptors (Lipinski definition) is 5. The van der Waals surface area contributed by atoms with E-state index in [1.54, 1.807) is 26.2 Å². The van der Waals surface area contributed by atoms with Gasteiger partial charge in [0.15, 0.2) is 0 Å². The smallest absolute Gasteiger partial charge is 0.412 e. The van der Waals surface area contributed by atoms with Crippen LogP contribution in [-0.2, 0) is 9.57 Å². The number of anilines is 1. The van der Waals surface area contributed by atoms with Crippen LogP contribution in [0.1, 0.15) is 30.4 Å². The van der Waals surface area contributed by atoms with E-state index in [0.29, 0.717) is 0 Å². The molecule has 6 nitrogen and oxygen atoms in total. The molecule has 2 amide bonds. The molecule has 0 saturated carbocycles. The number of amides is 2. The van der Waals surface area contributed by atoms with Gasteiger partial charge in [-0.2, -0.15) is 0 Å². The molecule has 0 aromatic carbocycles. The lowest BCUT2D eigenvalue weighted by atomic mass is 10.2. The number of hydroxylamine groups is 2. The fourth-order valence-corrected chi connectivity index (χ4v) is 2.42. The Morgan fingerprint density at radius 1 is 1.40 bits per heavy atom. The highest BCUT2D eigenvalue weighted by molar-refractivity contribution is 7.13. The molecule has 1 heterocycles. The second kappa shape index (κ2) is 6.43. The first-order valence-electron chi connectivity index (χ1n) is 5.75. The zero-order valence-corrected chi connectivity index (χ0v) is 13.5. The van der Waals surface area contributed by atoms with Crippen LogP contribution in [0.15, 0.2) is 5.38 Å². The molecule has 1 rings (SSSR count). The van der Waals surface area contributed by atoms with E-state index in [1.165, 1.54) is 14.2 Å². The molecule has 0 fully saturated rings. The zero-order valence-electron chi connectivity index (χ0n) is 11.9. The Bertz CT molecular complexity index is 510. The van der Waals surface area contributed by atoms with Crippen molar-refractivity contribution in [2.45, 2.75) is 26.4 Å². The van der Waals surface area contributed by atoms with Crippen molar-refractivity contribution >= 4 is 40.6 Å². The molecule has 0 radical (unpaired) electrons. The predicted octanol–water partition coefficient (Wildman–Crippen LogP) is 3.38. The first-order valence-corrected chi connectivity index (χ1v) is 7.00. The Morgan fingerprint density at radius 3 is 2.50 bits per heavy atom. The topological polar surface area (TPSA) is 67.9 Å². The average Bonchev–Trinajstić information content (AvgIpc) is 2.67. The molecule has 0 unspecified atom stereocenters. The van der Waals surface area contributed by atoms with Crippen molar-refractivity contribution in [2.75, 3.05) is 19.5 Å². The van der Waals surface area contributed by atoms with Crippen molar-refractivity contribution in [3.05, 3.63) is 15.3 Å². The minimum atomic E-state index is -0.674. The van der Waals surface area contributed by atoms with Gasteiger partial charge in [0.05, 0.1) is 17.8 Å². The summed E-state index contributed by atoms with van der Waals surface area (Å²) in [6, 6.07) is 0. The monoisotopic (exact) mass is 320 g/mol. The molecule has 112 valence electrons. The van der Waals surface area contributed by atoms with Gasteiger partial charge in [-0.15, -0.1) is 11.3 Å². The Hall–Kier alpha value is -1.31. The number of thiophene rings is 1. The fraction of sp³-hybridized carbons (Fsp3) is 0.500. The molecule has 0 saturated heterocycles. The Labute approximate surface area is 126 Å². The molecule has 0 aliphatic heterocycles. The van der Waals surface area contributed by atoms with Gasteiger partial charge in [0, 0.05) is 12.4 Å². The number of carbonyl (C=O) groups excluding carboxylic acids is 2. The van der Waals surface area contributed by atoms with Crippen molar-refractivity contribution in [1.29, 1.82) is 0 Å². The molecule has 0 aliphatic rings. The maximum atomic E-state index is 12.0. The number of nitrogens with one attached hydrogen (secondary N) is 1. The van der Waals surface area contributed by atoms with Crippen molar-refractivity contribution in [3.63, 3.8) is 0 Å². The van der Waals surface area contributed by atoms with Crippen LogP contribution in [0.2, 0.25) is 5.02 Å². The highest BCUT2D eigenvalue weighted by Gasteiger charge is 2.24. The quantitative estimate of drug-likeness (QED) is 0.867. The van der Waals surface area contributed by atoms with Gasteiger partial charge in [-0.3, -0.25) is 14.9 Å². The standard InChI is InChI=1S/C12H17ClN2O4S/c1-12(2,3)19-11(17)14-8-7(13)6-20-9(8)10(16)15(4)18-5/h6H,1-5H3,(H,14,17). The summed E-state index contributed by atoms with van der Waals surface area (Å²) in [6.45, 7) is 5.23. The second-order valence-electron chi connectivity index (χ2n) is 4.90. The van der Waals surface area contributed by atoms with E-state index in [9.17, 15) is 9.59 Å². The van der Waals surface area contributed by atoms with Crippen LogP contribution in [0.3, 0.4) is 0 Å². The summed E-state index contributed by atoms with van der Waals surface area (Å²) >= 11 is 7.10. The highest BCUT2D eigenvalue weighted by Crippen LogP contribution is 2.33. The summed E-state index contributed by atoms with van der Waals surface area (Å²) in [6.07, 6.45) is -0.674. The molecule has 0 spiro atoms. The summed E-state index contributed by atoms with van der Waals surface area (Å²) in [7, 11) is 2.83. The van der Waals surface area contributed by atoms with Crippen LogP contribution in [0.5, 0.6) is 0 Å². The van der Waals surface area contributed by atoms with E-state index < -0.39 is 17.6 Å². The zero-order chi connectivity index (χ0) is 15.5. The average molecular weight is 321 g/mol. The minimum absolute atomic E-state index is 0.222. The van der Waals surface area contributed by atoms with Gasteiger partial charge < -0.3 is 4.74 Å². The normalized spacial score (nSPS) is 11.1. The van der Waals surface area contributed by atoms with Gasteiger partial charge in [-0.25, -0.2) is 9.86 Å². The first kappa shape index (κ1) is 16.7. The molecular weight excluding hydrogens is 304 g/mol. The molecule has 0 bridgehead atoms. The van der Waals surface area contributed by atoms with Crippen LogP contribution in [-0.4, -0.2) is 36.8 Å². The number of nitrogens with zero attached hydrogens (tertiary/aromatic N) is 1. The summed E-state index contributed by atoms with van der Waals surface area (Å²) in [5.41, 5.74) is -0.417. The van der Waals surface area contributed by atoms with Crippen LogP contribution in [0, 0.1) is 0 Å². The van der Waals surface area contributed by atoms with Crippen LogP contribution >= 0.6 is 22.9 Å². The Morgan fingerprint density at radius 2 is 2.00 bits per heavy atom. The molecule has 20 heavy (non-hydrogen) atoms. The van der Waals surface area contributed by atoms with Crippen LogP contribution < -0.4 is 5.32 Å². The third kappa shape index (κ3) is 4.36. The van der Waals surface area contributed by atoms with Crippen molar-refractivity contribution in [2.24, 2.45) is 0 Å². The first-order chi connectivity index (χ1) is 9.15. The number of rotatable bonds is 3. The summed E-state index contributed by atoms with van der Waals surface area (Å²) < 4.78 is 5.13. The number of carbonyl (C=O) groups is 2. The lowest BCUT2D eigenvalue weighted by Gasteiger charge is -2.20. The van der Waals surface area contributed by atoms with E-state index in [2.05, 4.69) is 5.32 Å². The summed E-state index contributed by atoms with van der Waals surface area (Å²) in [5, 5.41) is 5.37. The maximum absolute atomic E-state index is 12.0. The molecule has 1 N–H and O–H groups in total. The lowest BCUT2D eigenvalue weighted by molar-refractivity contribution is -0.0753. The van der Waals surface area contributed by atoms with Gasteiger partial charge in [0.1, 0.15) is 10.5 Å². The van der Waals surface area contributed by atoms with Gasteiger partial charge >= 0.3 is 6.09 Å². The van der Waals surface area contributed by atoms with Gasteiger partial charge in [-0.05, 0) is 20.8 Å². The SMILES string of the molecule is CON(C)C(=O)c1scc(Cl)c1NC(=O)OC(C)(C)C. The minimum Gasteiger partial charge on any atom is -0.444 e. The van der Waals surface area contributed by atoms with E-state index >= 15 is 0 Å². The Balaban J connectivity index is 2.93. The van der Waals surface area contributed by atoms with E-state index in [0.717, 1.165) is 16.4 Å². The van der Waals surface area contributed by atoms with Crippen molar-refractivity contribution in [1.82, 2.24) is 5.06 Å².